The molecule has 0 bridgehead atoms. The van der Waals surface area contributed by atoms with Gasteiger partial charge in [0.25, 0.3) is 0 Å². The first-order valence-electron chi connectivity index (χ1n) is 6.18. The summed E-state index contributed by atoms with van der Waals surface area (Å²) in [5.74, 6) is 0. The van der Waals surface area contributed by atoms with Crippen molar-refractivity contribution in [1.29, 1.82) is 0 Å². The highest BCUT2D eigenvalue weighted by Gasteiger charge is 2.19. The quantitative estimate of drug-likeness (QED) is 0.744. The lowest BCUT2D eigenvalue weighted by Gasteiger charge is -2.03. The molecule has 0 amide bonds. The third-order valence-corrected chi connectivity index (χ3v) is 3.33. The minimum absolute atomic E-state index is 0.774. The minimum Gasteiger partial charge on any atom is -0.314 e. The van der Waals surface area contributed by atoms with Gasteiger partial charge < -0.3 is 5.32 Å². The van der Waals surface area contributed by atoms with Gasteiger partial charge >= 0.3 is 0 Å². The molecule has 3 nitrogen and oxygen atoms in total. The molecule has 2 rings (SSSR count). The maximum Gasteiger partial charge on any atom is 0.0814 e. The predicted molar refractivity (Wildman–Crippen MR) is 66.8 cm³/mol. The Morgan fingerprint density at radius 2 is 2.25 bits per heavy atom. The van der Waals surface area contributed by atoms with Crippen molar-refractivity contribution in [2.45, 2.75) is 51.6 Å². The van der Waals surface area contributed by atoms with Crippen LogP contribution in [0.4, 0.5) is 0 Å². The Bertz CT molecular complexity index is 312. The van der Waals surface area contributed by atoms with E-state index >= 15 is 0 Å². The largest absolute Gasteiger partial charge is 0.314 e. The third kappa shape index (κ3) is 3.80. The molecule has 1 aliphatic carbocycles. The van der Waals surface area contributed by atoms with Gasteiger partial charge in [-0.15, -0.1) is 0 Å². The molecule has 90 valence electrons. The van der Waals surface area contributed by atoms with Crippen LogP contribution in [0.25, 0.3) is 0 Å². The zero-order valence-corrected chi connectivity index (χ0v) is 10.6. The van der Waals surface area contributed by atoms with Gasteiger partial charge in [0, 0.05) is 18.8 Å². The summed E-state index contributed by atoms with van der Waals surface area (Å²) in [6, 6.07) is 0.840. The number of nitrogens with zero attached hydrogens (tertiary/aromatic N) is 2. The van der Waals surface area contributed by atoms with E-state index in [1.165, 1.54) is 38.6 Å². The molecular weight excluding hydrogens is 222 g/mol. The monoisotopic (exact) mass is 241 g/mol. The van der Waals surface area contributed by atoms with E-state index in [0.29, 0.717) is 0 Å². The van der Waals surface area contributed by atoms with Gasteiger partial charge in [-0.25, -0.2) is 0 Å². The van der Waals surface area contributed by atoms with E-state index in [4.69, 9.17) is 11.6 Å². The molecule has 0 aromatic carbocycles. The van der Waals surface area contributed by atoms with Crippen LogP contribution in [0.2, 0.25) is 5.02 Å². The summed E-state index contributed by atoms with van der Waals surface area (Å²) in [7, 11) is 0. The van der Waals surface area contributed by atoms with Gasteiger partial charge in [-0.1, -0.05) is 18.0 Å². The van der Waals surface area contributed by atoms with Crippen molar-refractivity contribution in [3.63, 3.8) is 0 Å². The van der Waals surface area contributed by atoms with Gasteiger partial charge in [-0.05, 0) is 39.2 Å². The van der Waals surface area contributed by atoms with E-state index < -0.39 is 0 Å². The Labute approximate surface area is 102 Å². The fraction of sp³-hybridized carbons (Fsp3) is 0.750. The van der Waals surface area contributed by atoms with Crippen LogP contribution < -0.4 is 5.32 Å². The molecule has 1 N–H and O–H groups in total. The Kier molecular flexibility index (Phi) is 4.24. The average Bonchev–Trinajstić information content (AvgIpc) is 3.01. The first-order chi connectivity index (χ1) is 7.75. The molecule has 1 aliphatic rings. The SMILES string of the molecule is Cc1nn(CCCCCNC2CC2)cc1Cl. The molecule has 0 saturated heterocycles. The fourth-order valence-electron chi connectivity index (χ4n) is 1.78. The number of halogens is 1. The summed E-state index contributed by atoms with van der Waals surface area (Å²) in [6.07, 6.45) is 8.39. The number of hydrogen-bond acceptors (Lipinski definition) is 2. The molecule has 0 unspecified atom stereocenters. The average molecular weight is 242 g/mol. The lowest BCUT2D eigenvalue weighted by molar-refractivity contribution is 0.526. The first-order valence-corrected chi connectivity index (χ1v) is 6.56. The Morgan fingerprint density at radius 3 is 2.88 bits per heavy atom. The normalized spacial score (nSPS) is 15.6. The first kappa shape index (κ1) is 11.9. The van der Waals surface area contributed by atoms with Crippen LogP contribution in [0.3, 0.4) is 0 Å². The van der Waals surface area contributed by atoms with E-state index in [-0.39, 0.29) is 0 Å². The van der Waals surface area contributed by atoms with Crippen molar-refractivity contribution < 1.29 is 0 Å². The fourth-order valence-corrected chi connectivity index (χ4v) is 1.93. The van der Waals surface area contributed by atoms with Gasteiger partial charge in [0.1, 0.15) is 0 Å². The summed E-state index contributed by atoms with van der Waals surface area (Å²) in [5.41, 5.74) is 0.928. The Balaban J connectivity index is 1.53. The zero-order chi connectivity index (χ0) is 11.4. The number of nitrogens with one attached hydrogen (secondary N) is 1. The molecule has 0 aliphatic heterocycles. The highest BCUT2D eigenvalue weighted by molar-refractivity contribution is 6.31. The molecule has 0 radical (unpaired) electrons. The lowest BCUT2D eigenvalue weighted by atomic mass is 10.2. The minimum atomic E-state index is 0.774. The van der Waals surface area contributed by atoms with Crippen molar-refractivity contribution in [1.82, 2.24) is 15.1 Å². The number of hydrogen-bond donors (Lipinski definition) is 1. The molecule has 16 heavy (non-hydrogen) atoms. The van der Waals surface area contributed by atoms with Crippen LogP contribution in [0.1, 0.15) is 37.8 Å². The van der Waals surface area contributed by atoms with Gasteiger partial charge in [-0.2, -0.15) is 5.10 Å². The number of unbranched alkanes of at least 4 members (excludes halogenated alkanes) is 2. The number of aryl methyl sites for hydroxylation is 2. The van der Waals surface area contributed by atoms with Crippen molar-refractivity contribution in [2.75, 3.05) is 6.54 Å². The topological polar surface area (TPSA) is 29.9 Å². The van der Waals surface area contributed by atoms with E-state index in [2.05, 4.69) is 10.4 Å². The Hall–Kier alpha value is -0.540. The molecule has 0 spiro atoms. The molecular formula is C12H20ClN3. The number of rotatable bonds is 7. The molecule has 1 aromatic rings. The van der Waals surface area contributed by atoms with Crippen LogP contribution >= 0.6 is 11.6 Å². The van der Waals surface area contributed by atoms with Crippen LogP contribution in [-0.4, -0.2) is 22.4 Å². The third-order valence-electron chi connectivity index (χ3n) is 2.96. The summed E-state index contributed by atoms with van der Waals surface area (Å²) in [5, 5.41) is 8.63. The maximum absolute atomic E-state index is 5.94. The van der Waals surface area contributed by atoms with Crippen LogP contribution in [-0.2, 0) is 6.54 Å². The van der Waals surface area contributed by atoms with Gasteiger partial charge in [0.15, 0.2) is 0 Å². The summed E-state index contributed by atoms with van der Waals surface area (Å²) in [6.45, 7) is 4.10. The molecule has 0 atom stereocenters. The van der Waals surface area contributed by atoms with Crippen LogP contribution in [0, 0.1) is 6.92 Å². The van der Waals surface area contributed by atoms with Gasteiger partial charge in [-0.3, -0.25) is 4.68 Å². The van der Waals surface area contributed by atoms with Gasteiger partial charge in [0.2, 0.25) is 0 Å². The van der Waals surface area contributed by atoms with E-state index in [1.54, 1.807) is 0 Å². The second-order valence-corrected chi connectivity index (χ2v) is 5.02. The molecule has 1 heterocycles. The smallest absolute Gasteiger partial charge is 0.0814 e. The van der Waals surface area contributed by atoms with E-state index in [1.807, 2.05) is 17.8 Å². The maximum atomic E-state index is 5.94. The van der Waals surface area contributed by atoms with E-state index in [0.717, 1.165) is 23.3 Å². The molecule has 1 aromatic heterocycles. The summed E-state index contributed by atoms with van der Waals surface area (Å²) < 4.78 is 1.95. The molecule has 1 saturated carbocycles. The van der Waals surface area contributed by atoms with Crippen molar-refractivity contribution in [3.8, 4) is 0 Å². The zero-order valence-electron chi connectivity index (χ0n) is 9.88. The second kappa shape index (κ2) is 5.69. The van der Waals surface area contributed by atoms with E-state index in [9.17, 15) is 0 Å². The number of aromatic nitrogens is 2. The Morgan fingerprint density at radius 1 is 1.44 bits per heavy atom. The summed E-state index contributed by atoms with van der Waals surface area (Å²) >= 11 is 5.94. The highest BCUT2D eigenvalue weighted by Crippen LogP contribution is 2.18. The van der Waals surface area contributed by atoms with Crippen molar-refractivity contribution in [2.24, 2.45) is 0 Å². The van der Waals surface area contributed by atoms with Crippen molar-refractivity contribution in [3.05, 3.63) is 16.9 Å². The molecule has 4 heteroatoms. The lowest BCUT2D eigenvalue weighted by Crippen LogP contribution is -2.17. The van der Waals surface area contributed by atoms with Crippen LogP contribution in [0.15, 0.2) is 6.20 Å². The molecule has 1 fully saturated rings. The second-order valence-electron chi connectivity index (χ2n) is 4.61. The van der Waals surface area contributed by atoms with Gasteiger partial charge in [0.05, 0.1) is 10.7 Å². The van der Waals surface area contributed by atoms with Crippen molar-refractivity contribution >= 4 is 11.6 Å². The highest BCUT2D eigenvalue weighted by atomic mass is 35.5. The van der Waals surface area contributed by atoms with Crippen LogP contribution in [0.5, 0.6) is 0 Å². The standard InChI is InChI=1S/C12H20ClN3/c1-10-12(13)9-16(15-10)8-4-2-3-7-14-11-5-6-11/h9,11,14H,2-8H2,1H3. The summed E-state index contributed by atoms with van der Waals surface area (Å²) in [4.78, 5) is 0. The predicted octanol–water partition coefficient (Wildman–Crippen LogP) is 2.77.